The molecule has 1 aliphatic rings. The first-order valence-corrected chi connectivity index (χ1v) is 19.1. The number of unbranched alkanes of at least 4 members (excludes halogenated alkanes) is 20. The van der Waals surface area contributed by atoms with E-state index >= 15 is 0 Å². The molecule has 0 aromatic carbocycles. The maximum Gasteiger partial charge on any atom is 0.306 e. The van der Waals surface area contributed by atoms with Gasteiger partial charge in [0.05, 0.1) is 13.2 Å². The number of carbonyl (C=O) groups is 2. The van der Waals surface area contributed by atoms with E-state index in [9.17, 15) is 30.0 Å². The SMILES string of the molecule is CCCCCCCCCCCCCCCCCC(=O)O[C@H](COC(=O)CCCCCCCCC)CO[C@@H]1O[C@H](CO)[C@H](O)[C@H](O)[C@H]1O. The van der Waals surface area contributed by atoms with Crippen LogP contribution in [-0.4, -0.2) is 89.0 Å². The Morgan fingerprint density at radius 3 is 1.45 bits per heavy atom. The van der Waals surface area contributed by atoms with Gasteiger partial charge in [0.15, 0.2) is 12.4 Å². The van der Waals surface area contributed by atoms with E-state index < -0.39 is 49.4 Å². The standard InChI is InChI=1S/C37H70O10/c1-3-5-7-9-11-12-13-14-15-16-17-18-20-22-24-26-33(40)46-30(28-44-32(39)25-23-21-19-10-8-6-4-2)29-45-37-36(43)35(42)34(41)31(27-38)47-37/h30-31,34-38,41-43H,3-29H2,1-2H3/t30-,31-,34+,35+,36-,37-/m1/s1. The average Bonchev–Trinajstić information content (AvgIpc) is 3.06. The van der Waals surface area contributed by atoms with Crippen molar-refractivity contribution >= 4 is 11.9 Å². The number of hydrogen-bond acceptors (Lipinski definition) is 10. The predicted molar refractivity (Wildman–Crippen MR) is 183 cm³/mol. The Hall–Kier alpha value is -1.30. The van der Waals surface area contributed by atoms with Crippen molar-refractivity contribution < 1.29 is 49.0 Å². The van der Waals surface area contributed by atoms with E-state index in [1.54, 1.807) is 0 Å². The van der Waals surface area contributed by atoms with Crippen molar-refractivity contribution in [3.8, 4) is 0 Å². The minimum atomic E-state index is -1.59. The summed E-state index contributed by atoms with van der Waals surface area (Å²) in [6.45, 7) is 3.37. The van der Waals surface area contributed by atoms with Gasteiger partial charge in [0.2, 0.25) is 0 Å². The number of rotatable bonds is 31. The van der Waals surface area contributed by atoms with Crippen LogP contribution >= 0.6 is 0 Å². The molecule has 0 spiro atoms. The monoisotopic (exact) mass is 674 g/mol. The zero-order valence-corrected chi connectivity index (χ0v) is 29.8. The first-order chi connectivity index (χ1) is 22.8. The number of aliphatic hydroxyl groups excluding tert-OH is 4. The molecule has 47 heavy (non-hydrogen) atoms. The largest absolute Gasteiger partial charge is 0.462 e. The second-order valence-corrected chi connectivity index (χ2v) is 13.4. The van der Waals surface area contributed by atoms with Gasteiger partial charge >= 0.3 is 11.9 Å². The average molecular weight is 675 g/mol. The fraction of sp³-hybridized carbons (Fsp3) is 0.946. The van der Waals surface area contributed by atoms with Crippen LogP contribution < -0.4 is 0 Å². The topological polar surface area (TPSA) is 152 Å². The minimum Gasteiger partial charge on any atom is -0.462 e. The summed E-state index contributed by atoms with van der Waals surface area (Å²) in [6.07, 6.45) is 18.5. The lowest BCUT2D eigenvalue weighted by Gasteiger charge is -2.39. The summed E-state index contributed by atoms with van der Waals surface area (Å²) in [5, 5.41) is 39.8. The molecule has 0 aromatic rings. The normalized spacial score (nSPS) is 21.9. The summed E-state index contributed by atoms with van der Waals surface area (Å²) in [4.78, 5) is 25.0. The smallest absolute Gasteiger partial charge is 0.306 e. The fourth-order valence-electron chi connectivity index (χ4n) is 5.89. The second-order valence-electron chi connectivity index (χ2n) is 13.4. The molecule has 4 N–H and O–H groups in total. The van der Waals surface area contributed by atoms with Gasteiger partial charge in [-0.1, -0.05) is 142 Å². The second kappa shape index (κ2) is 29.6. The van der Waals surface area contributed by atoms with Gasteiger partial charge in [-0.15, -0.1) is 0 Å². The van der Waals surface area contributed by atoms with Gasteiger partial charge in [-0.3, -0.25) is 9.59 Å². The molecule has 6 atom stereocenters. The minimum absolute atomic E-state index is 0.211. The van der Waals surface area contributed by atoms with Gasteiger partial charge in [0.1, 0.15) is 31.0 Å². The molecule has 1 fully saturated rings. The lowest BCUT2D eigenvalue weighted by atomic mass is 9.99. The van der Waals surface area contributed by atoms with E-state index in [0.29, 0.717) is 6.42 Å². The number of esters is 2. The van der Waals surface area contributed by atoms with E-state index in [1.165, 1.54) is 89.9 Å². The van der Waals surface area contributed by atoms with E-state index in [2.05, 4.69) is 13.8 Å². The van der Waals surface area contributed by atoms with Crippen molar-refractivity contribution in [2.24, 2.45) is 0 Å². The molecule has 0 aromatic heterocycles. The third-order valence-electron chi connectivity index (χ3n) is 8.99. The lowest BCUT2D eigenvalue weighted by Crippen LogP contribution is -2.59. The van der Waals surface area contributed by atoms with Crippen molar-refractivity contribution in [1.29, 1.82) is 0 Å². The summed E-state index contributed by atoms with van der Waals surface area (Å²) in [7, 11) is 0. The van der Waals surface area contributed by atoms with Gasteiger partial charge < -0.3 is 39.4 Å². The molecular weight excluding hydrogens is 604 g/mol. The molecule has 1 heterocycles. The van der Waals surface area contributed by atoms with Gasteiger partial charge in [0, 0.05) is 12.8 Å². The Bertz CT molecular complexity index is 749. The number of aliphatic hydroxyl groups is 4. The van der Waals surface area contributed by atoms with Crippen molar-refractivity contribution in [1.82, 2.24) is 0 Å². The third-order valence-corrected chi connectivity index (χ3v) is 8.99. The van der Waals surface area contributed by atoms with Crippen molar-refractivity contribution in [3.05, 3.63) is 0 Å². The zero-order valence-electron chi connectivity index (χ0n) is 29.8. The van der Waals surface area contributed by atoms with Crippen LogP contribution in [0.25, 0.3) is 0 Å². The van der Waals surface area contributed by atoms with Crippen molar-refractivity contribution in [3.63, 3.8) is 0 Å². The molecule has 0 aliphatic carbocycles. The number of hydrogen-bond donors (Lipinski definition) is 4. The molecule has 0 amide bonds. The van der Waals surface area contributed by atoms with Crippen LogP contribution in [0.15, 0.2) is 0 Å². The highest BCUT2D eigenvalue weighted by Crippen LogP contribution is 2.22. The van der Waals surface area contributed by atoms with E-state index in [0.717, 1.165) is 44.9 Å². The highest BCUT2D eigenvalue weighted by atomic mass is 16.7. The Morgan fingerprint density at radius 2 is 1.00 bits per heavy atom. The summed E-state index contributed by atoms with van der Waals surface area (Å²) in [5.41, 5.74) is 0. The Kier molecular flexibility index (Phi) is 27.5. The van der Waals surface area contributed by atoms with Crippen LogP contribution in [0, 0.1) is 0 Å². The van der Waals surface area contributed by atoms with Crippen LogP contribution in [-0.2, 0) is 28.5 Å². The Balaban J connectivity index is 2.36. The lowest BCUT2D eigenvalue weighted by molar-refractivity contribution is -0.305. The molecule has 10 nitrogen and oxygen atoms in total. The van der Waals surface area contributed by atoms with Gasteiger partial charge in [-0.25, -0.2) is 0 Å². The molecule has 278 valence electrons. The third kappa shape index (κ3) is 22.1. The van der Waals surface area contributed by atoms with Gasteiger partial charge in [-0.05, 0) is 12.8 Å². The first-order valence-electron chi connectivity index (χ1n) is 19.1. The van der Waals surface area contributed by atoms with E-state index in [1.807, 2.05) is 0 Å². The van der Waals surface area contributed by atoms with E-state index in [4.69, 9.17) is 18.9 Å². The van der Waals surface area contributed by atoms with Crippen LogP contribution in [0.4, 0.5) is 0 Å². The summed E-state index contributed by atoms with van der Waals surface area (Å²) >= 11 is 0. The first kappa shape index (κ1) is 43.7. The van der Waals surface area contributed by atoms with Crippen molar-refractivity contribution in [2.45, 2.75) is 205 Å². The zero-order chi connectivity index (χ0) is 34.5. The van der Waals surface area contributed by atoms with Gasteiger partial charge in [-0.2, -0.15) is 0 Å². The quantitative estimate of drug-likeness (QED) is 0.0464. The molecule has 1 aliphatic heterocycles. The van der Waals surface area contributed by atoms with Crippen LogP contribution in [0.2, 0.25) is 0 Å². The molecule has 0 bridgehead atoms. The molecular formula is C37H70O10. The van der Waals surface area contributed by atoms with Crippen LogP contribution in [0.1, 0.15) is 168 Å². The van der Waals surface area contributed by atoms with E-state index in [-0.39, 0.29) is 32.0 Å². The number of ether oxygens (including phenoxy) is 4. The molecule has 0 unspecified atom stereocenters. The van der Waals surface area contributed by atoms with Crippen LogP contribution in [0.5, 0.6) is 0 Å². The molecule has 1 rings (SSSR count). The van der Waals surface area contributed by atoms with Gasteiger partial charge in [0.25, 0.3) is 0 Å². The molecule has 1 saturated heterocycles. The highest BCUT2D eigenvalue weighted by Gasteiger charge is 2.44. The predicted octanol–water partition coefficient (Wildman–Crippen LogP) is 6.66. The summed E-state index contributed by atoms with van der Waals surface area (Å²) in [6, 6.07) is 0. The molecule has 0 saturated carbocycles. The van der Waals surface area contributed by atoms with Crippen LogP contribution in [0.3, 0.4) is 0 Å². The summed E-state index contributed by atoms with van der Waals surface area (Å²) < 4.78 is 22.0. The van der Waals surface area contributed by atoms with Crippen molar-refractivity contribution in [2.75, 3.05) is 19.8 Å². The maximum atomic E-state index is 12.7. The Labute approximate surface area is 285 Å². The maximum absolute atomic E-state index is 12.7. The fourth-order valence-corrected chi connectivity index (χ4v) is 5.89. The molecule has 10 heteroatoms. The Morgan fingerprint density at radius 1 is 0.574 bits per heavy atom. The number of carbonyl (C=O) groups excluding carboxylic acids is 2. The summed E-state index contributed by atoms with van der Waals surface area (Å²) in [5.74, 6) is -0.805. The molecule has 0 radical (unpaired) electrons. The highest BCUT2D eigenvalue weighted by molar-refractivity contribution is 5.70.